The minimum Gasteiger partial charge on any atom is -0.322 e. The molecule has 11 heteroatoms. The number of anilines is 1. The molecule has 4 rings (SSSR count). The quantitative estimate of drug-likeness (QED) is 0.369. The van der Waals surface area contributed by atoms with Crippen LogP contribution in [0.15, 0.2) is 60.8 Å². The summed E-state index contributed by atoms with van der Waals surface area (Å²) in [6, 6.07) is 11.3. The maximum absolute atomic E-state index is 13.6. The minimum absolute atomic E-state index is 0.0794. The van der Waals surface area contributed by atoms with Gasteiger partial charge in [0.2, 0.25) is 0 Å². The lowest BCUT2D eigenvalue weighted by atomic mass is 10.1. The SMILES string of the molecule is O=C(Nc1ccc([N+](=O)[O-])cc1)c1cnn2c(C(F)F)cc(-c3ccc(F)cc3)nc12. The molecule has 2 aromatic heterocycles. The highest BCUT2D eigenvalue weighted by molar-refractivity contribution is 6.08. The number of rotatable bonds is 5. The Morgan fingerprint density at radius 1 is 1.10 bits per heavy atom. The van der Waals surface area contributed by atoms with Crippen molar-refractivity contribution in [1.82, 2.24) is 14.6 Å². The Morgan fingerprint density at radius 3 is 2.39 bits per heavy atom. The maximum atomic E-state index is 13.6. The monoisotopic (exact) mass is 427 g/mol. The van der Waals surface area contributed by atoms with Gasteiger partial charge in [-0.25, -0.2) is 22.7 Å². The average molecular weight is 427 g/mol. The van der Waals surface area contributed by atoms with Crippen LogP contribution in [-0.4, -0.2) is 25.4 Å². The Bertz CT molecular complexity index is 1290. The zero-order valence-corrected chi connectivity index (χ0v) is 15.5. The molecule has 0 saturated heterocycles. The number of non-ortho nitro benzene ring substituents is 1. The zero-order chi connectivity index (χ0) is 22.1. The van der Waals surface area contributed by atoms with Gasteiger partial charge in [-0.05, 0) is 42.5 Å². The third-order valence-electron chi connectivity index (χ3n) is 4.44. The minimum atomic E-state index is -2.91. The van der Waals surface area contributed by atoms with E-state index in [0.717, 1.165) is 16.8 Å². The van der Waals surface area contributed by atoms with Crippen molar-refractivity contribution in [2.24, 2.45) is 0 Å². The number of carbonyl (C=O) groups excluding carboxylic acids is 1. The zero-order valence-electron chi connectivity index (χ0n) is 15.5. The number of benzene rings is 2. The Hall–Kier alpha value is -4.28. The van der Waals surface area contributed by atoms with Crippen molar-refractivity contribution in [3.8, 4) is 11.3 Å². The third-order valence-corrected chi connectivity index (χ3v) is 4.44. The van der Waals surface area contributed by atoms with E-state index < -0.39 is 28.8 Å². The second-order valence-electron chi connectivity index (χ2n) is 6.43. The summed E-state index contributed by atoms with van der Waals surface area (Å²) in [6.45, 7) is 0. The molecule has 4 aromatic rings. The van der Waals surface area contributed by atoms with Gasteiger partial charge in [0.15, 0.2) is 5.65 Å². The summed E-state index contributed by atoms with van der Waals surface area (Å²) in [7, 11) is 0. The molecule has 2 heterocycles. The van der Waals surface area contributed by atoms with Gasteiger partial charge in [0.1, 0.15) is 17.1 Å². The van der Waals surface area contributed by atoms with Crippen LogP contribution in [-0.2, 0) is 0 Å². The molecule has 31 heavy (non-hydrogen) atoms. The van der Waals surface area contributed by atoms with E-state index in [2.05, 4.69) is 15.4 Å². The fourth-order valence-corrected chi connectivity index (χ4v) is 2.94. The van der Waals surface area contributed by atoms with Gasteiger partial charge in [-0.1, -0.05) is 0 Å². The molecule has 0 aliphatic carbocycles. The first-order valence-electron chi connectivity index (χ1n) is 8.82. The molecule has 8 nitrogen and oxygen atoms in total. The number of hydrogen-bond donors (Lipinski definition) is 1. The number of nitrogens with one attached hydrogen (secondary N) is 1. The van der Waals surface area contributed by atoms with E-state index in [9.17, 15) is 28.1 Å². The molecular formula is C20H12F3N5O3. The van der Waals surface area contributed by atoms with Crippen LogP contribution >= 0.6 is 0 Å². The number of halogens is 3. The number of alkyl halides is 2. The van der Waals surface area contributed by atoms with Crippen LogP contribution in [0.5, 0.6) is 0 Å². The van der Waals surface area contributed by atoms with Crippen molar-refractivity contribution < 1.29 is 22.9 Å². The second kappa shape index (κ2) is 7.86. The van der Waals surface area contributed by atoms with Gasteiger partial charge in [-0.3, -0.25) is 14.9 Å². The van der Waals surface area contributed by atoms with E-state index in [4.69, 9.17) is 0 Å². The molecule has 1 N–H and O–H groups in total. The summed E-state index contributed by atoms with van der Waals surface area (Å²) in [5, 5.41) is 17.1. The molecule has 0 aliphatic heterocycles. The fraction of sp³-hybridized carbons (Fsp3) is 0.0500. The second-order valence-corrected chi connectivity index (χ2v) is 6.43. The predicted molar refractivity (Wildman–Crippen MR) is 104 cm³/mol. The Labute approximate surface area is 172 Å². The number of nitro benzene ring substituents is 1. The van der Waals surface area contributed by atoms with Crippen molar-refractivity contribution in [3.63, 3.8) is 0 Å². The van der Waals surface area contributed by atoms with Crippen molar-refractivity contribution in [1.29, 1.82) is 0 Å². The summed E-state index contributed by atoms with van der Waals surface area (Å²) in [5.74, 6) is -1.18. The van der Waals surface area contributed by atoms with E-state index in [1.165, 1.54) is 48.5 Å². The molecule has 0 atom stereocenters. The van der Waals surface area contributed by atoms with Crippen LogP contribution in [0.25, 0.3) is 16.9 Å². The largest absolute Gasteiger partial charge is 0.322 e. The molecule has 1 amide bonds. The van der Waals surface area contributed by atoms with E-state index >= 15 is 0 Å². The standard InChI is InChI=1S/C20H12F3N5O3/c21-12-3-1-11(2-4-12)16-9-17(18(22)23)27-19(26-16)15(10-24-27)20(29)25-13-5-7-14(8-6-13)28(30)31/h1-10,18H,(H,25,29). The number of aromatic nitrogens is 3. The Balaban J connectivity index is 1.74. The molecular weight excluding hydrogens is 415 g/mol. The van der Waals surface area contributed by atoms with Crippen LogP contribution in [0.3, 0.4) is 0 Å². The van der Waals surface area contributed by atoms with Gasteiger partial charge in [-0.15, -0.1) is 0 Å². The van der Waals surface area contributed by atoms with Crippen LogP contribution in [0.4, 0.5) is 24.5 Å². The first-order valence-corrected chi connectivity index (χ1v) is 8.82. The molecule has 2 aromatic carbocycles. The van der Waals surface area contributed by atoms with Gasteiger partial charge in [0.25, 0.3) is 18.0 Å². The number of fused-ring (bicyclic) bond motifs is 1. The number of nitrogens with zero attached hydrogens (tertiary/aromatic N) is 4. The lowest BCUT2D eigenvalue weighted by Gasteiger charge is -2.09. The molecule has 0 unspecified atom stereocenters. The summed E-state index contributed by atoms with van der Waals surface area (Å²) >= 11 is 0. The number of nitro groups is 1. The normalized spacial score (nSPS) is 11.1. The van der Waals surface area contributed by atoms with Crippen molar-refractivity contribution in [3.05, 3.63) is 88.0 Å². The molecule has 156 valence electrons. The summed E-state index contributed by atoms with van der Waals surface area (Å²) < 4.78 is 41.3. The van der Waals surface area contributed by atoms with Gasteiger partial charge in [0.05, 0.1) is 16.8 Å². The van der Waals surface area contributed by atoms with Gasteiger partial charge < -0.3 is 5.32 Å². The smallest absolute Gasteiger partial charge is 0.280 e. The highest BCUT2D eigenvalue weighted by atomic mass is 19.3. The lowest BCUT2D eigenvalue weighted by molar-refractivity contribution is -0.384. The highest BCUT2D eigenvalue weighted by Crippen LogP contribution is 2.27. The maximum Gasteiger partial charge on any atom is 0.280 e. The van der Waals surface area contributed by atoms with Gasteiger partial charge >= 0.3 is 0 Å². The molecule has 0 spiro atoms. The summed E-state index contributed by atoms with van der Waals surface area (Å²) in [4.78, 5) is 27.1. The van der Waals surface area contributed by atoms with Crippen molar-refractivity contribution in [2.75, 3.05) is 5.32 Å². The first-order chi connectivity index (χ1) is 14.8. The first kappa shape index (κ1) is 20.0. The molecule has 0 fully saturated rings. The topological polar surface area (TPSA) is 102 Å². The molecule has 0 bridgehead atoms. The molecule has 0 saturated carbocycles. The number of amides is 1. The number of carbonyl (C=O) groups is 1. The van der Waals surface area contributed by atoms with E-state index in [1.54, 1.807) is 0 Å². The fourth-order valence-electron chi connectivity index (χ4n) is 2.94. The van der Waals surface area contributed by atoms with E-state index in [1.807, 2.05) is 0 Å². The Morgan fingerprint density at radius 2 is 1.77 bits per heavy atom. The van der Waals surface area contributed by atoms with E-state index in [0.29, 0.717) is 5.56 Å². The third kappa shape index (κ3) is 3.92. The molecule has 0 aliphatic rings. The van der Waals surface area contributed by atoms with Crippen LogP contribution in [0.1, 0.15) is 22.5 Å². The van der Waals surface area contributed by atoms with Crippen molar-refractivity contribution in [2.45, 2.75) is 6.43 Å². The van der Waals surface area contributed by atoms with Gasteiger partial charge in [0, 0.05) is 23.4 Å². The predicted octanol–water partition coefficient (Wildman–Crippen LogP) is 4.63. The highest BCUT2D eigenvalue weighted by Gasteiger charge is 2.22. The molecule has 0 radical (unpaired) electrons. The number of hydrogen-bond acceptors (Lipinski definition) is 5. The van der Waals surface area contributed by atoms with Crippen LogP contribution in [0, 0.1) is 15.9 Å². The average Bonchev–Trinajstić information content (AvgIpc) is 3.18. The lowest BCUT2D eigenvalue weighted by Crippen LogP contribution is -2.12. The van der Waals surface area contributed by atoms with Crippen LogP contribution < -0.4 is 5.32 Å². The van der Waals surface area contributed by atoms with E-state index in [-0.39, 0.29) is 28.3 Å². The van der Waals surface area contributed by atoms with Crippen molar-refractivity contribution >= 4 is 22.9 Å². The van der Waals surface area contributed by atoms with Crippen LogP contribution in [0.2, 0.25) is 0 Å². The van der Waals surface area contributed by atoms with Gasteiger partial charge in [-0.2, -0.15) is 5.10 Å². The summed E-state index contributed by atoms with van der Waals surface area (Å²) in [5.41, 5.74) is -0.0687. The summed E-state index contributed by atoms with van der Waals surface area (Å²) in [6.07, 6.45) is -1.81. The Kier molecular flexibility index (Phi) is 5.07.